The molecule has 0 aliphatic carbocycles. The van der Waals surface area contributed by atoms with E-state index in [1.807, 2.05) is 6.92 Å². The van der Waals surface area contributed by atoms with E-state index in [-0.39, 0.29) is 6.03 Å². The molecule has 11 heavy (non-hydrogen) atoms. The van der Waals surface area contributed by atoms with E-state index < -0.39 is 0 Å². The first kappa shape index (κ1) is 10.3. The zero-order valence-electron chi connectivity index (χ0n) is 7.31. The molecule has 0 aromatic rings. The smallest absolute Gasteiger partial charge is 0.315 e. The molecule has 2 N–H and O–H groups in total. The van der Waals surface area contributed by atoms with Gasteiger partial charge in [-0.25, -0.2) is 4.79 Å². The van der Waals surface area contributed by atoms with Crippen LogP contribution in [-0.2, 0) is 0 Å². The summed E-state index contributed by atoms with van der Waals surface area (Å²) >= 11 is 0. The average molecular weight is 157 g/mol. The van der Waals surface area contributed by atoms with Crippen LogP contribution in [0.5, 0.6) is 0 Å². The summed E-state index contributed by atoms with van der Waals surface area (Å²) in [5, 5.41) is 5.35. The molecule has 0 aliphatic heterocycles. The molecular formula is C8H17N2O. The lowest BCUT2D eigenvalue weighted by molar-refractivity contribution is 0.242. The van der Waals surface area contributed by atoms with Gasteiger partial charge in [0.1, 0.15) is 0 Å². The largest absolute Gasteiger partial charge is 0.338 e. The van der Waals surface area contributed by atoms with Gasteiger partial charge in [-0.3, -0.25) is 0 Å². The first-order chi connectivity index (χ1) is 5.31. The Labute approximate surface area is 68.6 Å². The summed E-state index contributed by atoms with van der Waals surface area (Å²) in [6, 6.07) is -0.0969. The lowest BCUT2D eigenvalue weighted by Gasteiger charge is -2.04. The second kappa shape index (κ2) is 7.38. The van der Waals surface area contributed by atoms with Crippen LogP contribution in [0.25, 0.3) is 0 Å². The molecule has 0 aromatic heterocycles. The number of unbranched alkanes of at least 4 members (excludes halogenated alkanes) is 1. The molecule has 0 atom stereocenters. The van der Waals surface area contributed by atoms with Gasteiger partial charge in [0.25, 0.3) is 0 Å². The molecule has 0 aliphatic rings. The van der Waals surface area contributed by atoms with Gasteiger partial charge in [-0.05, 0) is 12.8 Å². The van der Waals surface area contributed by atoms with Crippen molar-refractivity contribution in [2.24, 2.45) is 0 Å². The van der Waals surface area contributed by atoms with E-state index in [0.717, 1.165) is 25.8 Å². The van der Waals surface area contributed by atoms with Crippen LogP contribution in [0.1, 0.15) is 33.1 Å². The Kier molecular flexibility index (Phi) is 6.89. The van der Waals surface area contributed by atoms with Crippen molar-refractivity contribution in [1.82, 2.24) is 10.6 Å². The second-order valence-corrected chi connectivity index (χ2v) is 2.39. The van der Waals surface area contributed by atoms with E-state index in [1.165, 1.54) is 0 Å². The molecule has 0 saturated carbocycles. The SMILES string of the molecule is CCC[CH]NC(=O)NCCC. The molecule has 0 spiro atoms. The topological polar surface area (TPSA) is 41.1 Å². The van der Waals surface area contributed by atoms with Gasteiger partial charge >= 0.3 is 6.03 Å². The van der Waals surface area contributed by atoms with Gasteiger partial charge in [0, 0.05) is 6.54 Å². The lowest BCUT2D eigenvalue weighted by atomic mass is 10.3. The third-order valence-corrected chi connectivity index (χ3v) is 1.20. The highest BCUT2D eigenvalue weighted by molar-refractivity contribution is 5.74. The van der Waals surface area contributed by atoms with E-state index >= 15 is 0 Å². The molecule has 0 saturated heterocycles. The Morgan fingerprint density at radius 1 is 1.36 bits per heavy atom. The number of urea groups is 1. The number of carbonyl (C=O) groups excluding carboxylic acids is 1. The van der Waals surface area contributed by atoms with Gasteiger partial charge in [0.2, 0.25) is 0 Å². The maximum Gasteiger partial charge on any atom is 0.315 e. The molecule has 1 radical (unpaired) electrons. The van der Waals surface area contributed by atoms with Crippen LogP contribution in [0.15, 0.2) is 0 Å². The van der Waals surface area contributed by atoms with Crippen LogP contribution < -0.4 is 10.6 Å². The Morgan fingerprint density at radius 2 is 2.09 bits per heavy atom. The summed E-state index contributed by atoms with van der Waals surface area (Å²) in [7, 11) is 0. The third-order valence-electron chi connectivity index (χ3n) is 1.20. The summed E-state index contributed by atoms with van der Waals surface area (Å²) in [4.78, 5) is 10.8. The minimum absolute atomic E-state index is 0.0969. The number of nitrogens with one attached hydrogen (secondary N) is 2. The maximum absolute atomic E-state index is 10.8. The molecular weight excluding hydrogens is 140 g/mol. The van der Waals surface area contributed by atoms with Crippen LogP contribution in [-0.4, -0.2) is 12.6 Å². The first-order valence-corrected chi connectivity index (χ1v) is 4.17. The molecule has 0 unspecified atom stereocenters. The van der Waals surface area contributed by atoms with Gasteiger partial charge < -0.3 is 10.6 Å². The zero-order valence-corrected chi connectivity index (χ0v) is 7.31. The summed E-state index contributed by atoms with van der Waals surface area (Å²) < 4.78 is 0. The summed E-state index contributed by atoms with van der Waals surface area (Å²) in [5.41, 5.74) is 0. The highest BCUT2D eigenvalue weighted by atomic mass is 16.2. The lowest BCUT2D eigenvalue weighted by Crippen LogP contribution is -2.34. The van der Waals surface area contributed by atoms with Gasteiger partial charge in [-0.1, -0.05) is 20.3 Å². The first-order valence-electron chi connectivity index (χ1n) is 4.17. The molecule has 0 heterocycles. The molecule has 0 fully saturated rings. The average Bonchev–Trinajstić information content (AvgIpc) is 2.01. The van der Waals surface area contributed by atoms with Crippen molar-refractivity contribution in [1.29, 1.82) is 0 Å². The molecule has 0 bridgehead atoms. The van der Waals surface area contributed by atoms with Gasteiger partial charge in [-0.2, -0.15) is 0 Å². The van der Waals surface area contributed by atoms with Crippen LogP contribution in [0.4, 0.5) is 4.79 Å². The summed E-state index contributed by atoms with van der Waals surface area (Å²) in [6.45, 7) is 6.62. The van der Waals surface area contributed by atoms with Crippen molar-refractivity contribution >= 4 is 6.03 Å². The van der Waals surface area contributed by atoms with Crippen molar-refractivity contribution in [3.8, 4) is 0 Å². The Balaban J connectivity index is 3.09. The highest BCUT2D eigenvalue weighted by Gasteiger charge is 1.95. The van der Waals surface area contributed by atoms with Gasteiger partial charge in [-0.15, -0.1) is 0 Å². The molecule has 0 aromatic carbocycles. The van der Waals surface area contributed by atoms with Crippen molar-refractivity contribution in [2.45, 2.75) is 33.1 Å². The minimum atomic E-state index is -0.0969. The Bertz CT molecular complexity index is 104. The van der Waals surface area contributed by atoms with E-state index in [1.54, 1.807) is 6.54 Å². The Morgan fingerprint density at radius 3 is 2.64 bits per heavy atom. The zero-order chi connectivity index (χ0) is 8.53. The molecule has 3 nitrogen and oxygen atoms in total. The van der Waals surface area contributed by atoms with E-state index in [4.69, 9.17) is 0 Å². The summed E-state index contributed by atoms with van der Waals surface area (Å²) in [6.07, 6.45) is 2.97. The fourth-order valence-corrected chi connectivity index (χ4v) is 0.599. The predicted molar refractivity (Wildman–Crippen MR) is 46.0 cm³/mol. The van der Waals surface area contributed by atoms with Gasteiger partial charge in [0.05, 0.1) is 6.54 Å². The maximum atomic E-state index is 10.8. The van der Waals surface area contributed by atoms with Crippen molar-refractivity contribution in [3.05, 3.63) is 6.54 Å². The van der Waals surface area contributed by atoms with E-state index in [9.17, 15) is 4.79 Å². The number of hydrogen-bond donors (Lipinski definition) is 2. The van der Waals surface area contributed by atoms with E-state index in [0.29, 0.717) is 0 Å². The molecule has 0 rings (SSSR count). The second-order valence-electron chi connectivity index (χ2n) is 2.39. The van der Waals surface area contributed by atoms with Crippen LogP contribution >= 0.6 is 0 Å². The quantitative estimate of drug-likeness (QED) is 0.585. The van der Waals surface area contributed by atoms with E-state index in [2.05, 4.69) is 17.6 Å². The Hall–Kier alpha value is -0.730. The van der Waals surface area contributed by atoms with Crippen molar-refractivity contribution in [3.63, 3.8) is 0 Å². The normalized spacial score (nSPS) is 9.27. The van der Waals surface area contributed by atoms with Gasteiger partial charge in [0.15, 0.2) is 0 Å². The predicted octanol–water partition coefficient (Wildman–Crippen LogP) is 1.66. The van der Waals surface area contributed by atoms with Crippen LogP contribution in [0, 0.1) is 6.54 Å². The van der Waals surface area contributed by atoms with Crippen molar-refractivity contribution < 1.29 is 4.79 Å². The molecule has 65 valence electrons. The third kappa shape index (κ3) is 7.16. The van der Waals surface area contributed by atoms with Crippen LogP contribution in [0.2, 0.25) is 0 Å². The molecule has 3 heteroatoms. The van der Waals surface area contributed by atoms with Crippen LogP contribution in [0.3, 0.4) is 0 Å². The number of hydrogen-bond acceptors (Lipinski definition) is 1. The highest BCUT2D eigenvalue weighted by Crippen LogP contribution is 1.86. The van der Waals surface area contributed by atoms with Crippen molar-refractivity contribution in [2.75, 3.05) is 6.54 Å². The minimum Gasteiger partial charge on any atom is -0.338 e. The summed E-state index contributed by atoms with van der Waals surface area (Å²) in [5.74, 6) is 0. The standard InChI is InChI=1S/C8H17N2O/c1-3-5-7-10-8(11)9-6-4-2/h7H,3-6H2,1-2H3,(H2,9,10,11). The number of carbonyl (C=O) groups is 1. The monoisotopic (exact) mass is 157 g/mol. The molecule has 2 amide bonds. The fraction of sp³-hybridized carbons (Fsp3) is 0.750. The number of amides is 2. The number of rotatable bonds is 5. The fourth-order valence-electron chi connectivity index (χ4n) is 0.599.